The van der Waals surface area contributed by atoms with Crippen LogP contribution in [0.3, 0.4) is 0 Å². The summed E-state index contributed by atoms with van der Waals surface area (Å²) >= 11 is 6.16. The van der Waals surface area contributed by atoms with Crippen LogP contribution in [0, 0.1) is 12.8 Å². The molecule has 1 fully saturated rings. The van der Waals surface area contributed by atoms with Gasteiger partial charge in [-0.3, -0.25) is 19.2 Å². The number of carbonyl (C=O) groups excluding carboxylic acids is 4. The van der Waals surface area contributed by atoms with Crippen LogP contribution in [0.5, 0.6) is 0 Å². The van der Waals surface area contributed by atoms with Crippen molar-refractivity contribution in [3.63, 3.8) is 0 Å². The summed E-state index contributed by atoms with van der Waals surface area (Å²) in [5.74, 6) is -2.22. The van der Waals surface area contributed by atoms with Crippen LogP contribution in [0.25, 0.3) is 0 Å². The van der Waals surface area contributed by atoms with Crippen molar-refractivity contribution >= 4 is 40.9 Å². The first-order valence-electron chi connectivity index (χ1n) is 13.9. The van der Waals surface area contributed by atoms with Crippen molar-refractivity contribution < 1.29 is 19.2 Å². The Morgan fingerprint density at radius 1 is 1.02 bits per heavy atom. The minimum absolute atomic E-state index is 0.0347. The Labute approximate surface area is 240 Å². The van der Waals surface area contributed by atoms with Gasteiger partial charge in [-0.2, -0.15) is 0 Å². The molecule has 2 aromatic rings. The molecule has 4 amide bonds. The zero-order chi connectivity index (χ0) is 28.8. The largest absolute Gasteiger partial charge is 0.368 e. The molecule has 10 heteroatoms. The smallest absolute Gasteiger partial charge is 0.240 e. The molecule has 0 radical (unpaired) electrons. The average Bonchev–Trinajstić information content (AvgIpc) is 2.95. The maximum atomic E-state index is 13.9. The predicted octanol–water partition coefficient (Wildman–Crippen LogP) is 3.32. The summed E-state index contributed by atoms with van der Waals surface area (Å²) < 4.78 is 0. The molecule has 0 bridgehead atoms. The highest BCUT2D eigenvalue weighted by atomic mass is 35.5. The Morgan fingerprint density at radius 2 is 1.73 bits per heavy atom. The number of nitrogens with one attached hydrogen (secondary N) is 1. The van der Waals surface area contributed by atoms with Crippen molar-refractivity contribution in [3.8, 4) is 0 Å². The van der Waals surface area contributed by atoms with Crippen molar-refractivity contribution in [1.82, 2.24) is 9.80 Å². The highest BCUT2D eigenvalue weighted by Gasteiger charge is 2.45. The van der Waals surface area contributed by atoms with Crippen LogP contribution >= 0.6 is 11.6 Å². The molecule has 2 aromatic carbocycles. The second-order valence-corrected chi connectivity index (χ2v) is 11.1. The normalized spacial score (nSPS) is 19.5. The second-order valence-electron chi connectivity index (χ2n) is 10.6. The van der Waals surface area contributed by atoms with E-state index in [1.165, 1.54) is 4.90 Å². The number of rotatable bonds is 9. The number of primary amides is 1. The van der Waals surface area contributed by atoms with Gasteiger partial charge < -0.3 is 26.6 Å². The molecular weight excluding hydrogens is 530 g/mol. The van der Waals surface area contributed by atoms with Gasteiger partial charge in [0.15, 0.2) is 0 Å². The van der Waals surface area contributed by atoms with E-state index in [9.17, 15) is 19.2 Å². The van der Waals surface area contributed by atoms with Gasteiger partial charge in [-0.25, -0.2) is 0 Å². The fourth-order valence-electron chi connectivity index (χ4n) is 5.85. The summed E-state index contributed by atoms with van der Waals surface area (Å²) in [5, 5.41) is 3.53. The number of anilines is 1. The van der Waals surface area contributed by atoms with Gasteiger partial charge in [0.25, 0.3) is 0 Å². The molecule has 9 nitrogen and oxygen atoms in total. The molecule has 3 atom stereocenters. The van der Waals surface area contributed by atoms with E-state index < -0.39 is 23.9 Å². The zero-order valence-corrected chi connectivity index (χ0v) is 23.7. The summed E-state index contributed by atoms with van der Waals surface area (Å²) in [6.07, 6.45) is 3.46. The fraction of sp³-hybridized carbons (Fsp3) is 0.467. The lowest BCUT2D eigenvalue weighted by Crippen LogP contribution is -2.56. The number of hydrogen-bond acceptors (Lipinski definition) is 5. The van der Waals surface area contributed by atoms with Gasteiger partial charge in [-0.15, -0.1) is 0 Å². The minimum atomic E-state index is -0.955. The molecule has 2 heterocycles. The summed E-state index contributed by atoms with van der Waals surface area (Å²) in [6, 6.07) is 10.9. The topological polar surface area (TPSA) is 139 Å². The predicted molar refractivity (Wildman–Crippen MR) is 154 cm³/mol. The number of carbonyl (C=O) groups is 4. The highest BCUT2D eigenvalue weighted by Crippen LogP contribution is 2.40. The van der Waals surface area contributed by atoms with Gasteiger partial charge in [0.05, 0.1) is 12.0 Å². The first-order chi connectivity index (χ1) is 19.2. The number of nitrogens with two attached hydrogens (primary N) is 2. The number of benzene rings is 2. The van der Waals surface area contributed by atoms with Crippen molar-refractivity contribution in [2.45, 2.75) is 64.0 Å². The fourth-order valence-corrected chi connectivity index (χ4v) is 5.97. The van der Waals surface area contributed by atoms with Crippen LogP contribution in [0.1, 0.15) is 61.3 Å². The van der Waals surface area contributed by atoms with Crippen LogP contribution in [0.2, 0.25) is 5.02 Å². The number of likely N-dealkylation sites (tertiary alicyclic amines) is 1. The van der Waals surface area contributed by atoms with Gasteiger partial charge >= 0.3 is 0 Å². The monoisotopic (exact) mass is 567 g/mol. The van der Waals surface area contributed by atoms with Crippen molar-refractivity contribution in [3.05, 3.63) is 64.2 Å². The van der Waals surface area contributed by atoms with Crippen LogP contribution in [0.4, 0.5) is 5.69 Å². The SMILES string of the molecule is Cc1cc(NC(=O)[C@@H](CCN)C2c3ccccc3CC(C(N)=O)N2C(=O)CCC(=O)N2CCCCC2)ccc1Cl. The van der Waals surface area contributed by atoms with Gasteiger partial charge in [0.2, 0.25) is 23.6 Å². The van der Waals surface area contributed by atoms with Crippen LogP contribution in [-0.4, -0.2) is 59.1 Å². The molecule has 0 aliphatic carbocycles. The number of fused-ring (bicyclic) bond motifs is 1. The molecule has 4 rings (SSSR count). The number of nitrogens with zero attached hydrogens (tertiary/aromatic N) is 2. The third kappa shape index (κ3) is 6.64. The Hall–Kier alpha value is -3.43. The molecule has 1 saturated heterocycles. The Morgan fingerprint density at radius 3 is 2.40 bits per heavy atom. The quantitative estimate of drug-likeness (QED) is 0.426. The first kappa shape index (κ1) is 29.6. The molecule has 0 saturated carbocycles. The minimum Gasteiger partial charge on any atom is -0.368 e. The van der Waals surface area contributed by atoms with E-state index in [0.717, 1.165) is 36.0 Å². The molecule has 0 spiro atoms. The lowest BCUT2D eigenvalue weighted by atomic mass is 9.79. The van der Waals surface area contributed by atoms with Crippen LogP contribution in [-0.2, 0) is 25.6 Å². The van der Waals surface area contributed by atoms with Gasteiger partial charge in [-0.05, 0) is 74.0 Å². The average molecular weight is 568 g/mol. The molecular formula is C30H38ClN5O4. The van der Waals surface area contributed by atoms with Gasteiger partial charge in [0, 0.05) is 43.1 Å². The maximum absolute atomic E-state index is 13.9. The van der Waals surface area contributed by atoms with Crippen molar-refractivity contribution in [2.24, 2.45) is 17.4 Å². The summed E-state index contributed by atoms with van der Waals surface area (Å²) in [6.45, 7) is 3.42. The Bertz CT molecular complexity index is 1260. The van der Waals surface area contributed by atoms with Gasteiger partial charge in [0.1, 0.15) is 6.04 Å². The number of amides is 4. The van der Waals surface area contributed by atoms with E-state index in [1.54, 1.807) is 23.1 Å². The zero-order valence-electron chi connectivity index (χ0n) is 22.9. The van der Waals surface area contributed by atoms with E-state index in [1.807, 2.05) is 31.2 Å². The third-order valence-electron chi connectivity index (χ3n) is 7.92. The lowest BCUT2D eigenvalue weighted by Gasteiger charge is -2.45. The second kappa shape index (κ2) is 13.3. The Balaban J connectivity index is 1.67. The number of aryl methyl sites for hydroxylation is 1. The van der Waals surface area contributed by atoms with Crippen molar-refractivity contribution in [1.29, 1.82) is 0 Å². The molecule has 40 heavy (non-hydrogen) atoms. The van der Waals surface area contributed by atoms with Gasteiger partial charge in [-0.1, -0.05) is 35.9 Å². The highest BCUT2D eigenvalue weighted by molar-refractivity contribution is 6.31. The maximum Gasteiger partial charge on any atom is 0.240 e. The van der Waals surface area contributed by atoms with Crippen LogP contribution in [0.15, 0.2) is 42.5 Å². The number of hydrogen-bond donors (Lipinski definition) is 3. The van der Waals surface area contributed by atoms with E-state index in [-0.39, 0.29) is 49.9 Å². The summed E-state index contributed by atoms with van der Waals surface area (Å²) in [5.41, 5.74) is 14.8. The van der Waals surface area contributed by atoms with E-state index in [4.69, 9.17) is 23.1 Å². The molecule has 2 aliphatic heterocycles. The van der Waals surface area contributed by atoms with E-state index >= 15 is 0 Å². The molecule has 2 unspecified atom stereocenters. The lowest BCUT2D eigenvalue weighted by molar-refractivity contribution is -0.147. The molecule has 214 valence electrons. The number of piperidine rings is 1. The first-order valence-corrected chi connectivity index (χ1v) is 14.3. The molecule has 5 N–H and O–H groups in total. The van der Waals surface area contributed by atoms with E-state index in [2.05, 4.69) is 5.32 Å². The van der Waals surface area contributed by atoms with Crippen molar-refractivity contribution in [2.75, 3.05) is 25.0 Å². The summed E-state index contributed by atoms with van der Waals surface area (Å²) in [4.78, 5) is 56.5. The summed E-state index contributed by atoms with van der Waals surface area (Å²) in [7, 11) is 0. The standard InChI is InChI=1S/C30H38ClN5O4/c1-19-17-21(9-10-24(19)31)34-30(40)23(13-14-32)28-22-8-4-3-7-20(22)18-25(29(33)39)36(28)27(38)12-11-26(37)35-15-5-2-6-16-35/h3-4,7-10,17,23,25,28H,2,5-6,11-16,18,32H2,1H3,(H2,33,39)(H,34,40)/t23-,25?,28?/m0/s1. The molecule has 2 aliphatic rings. The van der Waals surface area contributed by atoms with Crippen LogP contribution < -0.4 is 16.8 Å². The molecule has 0 aromatic heterocycles. The number of halogens is 1. The third-order valence-corrected chi connectivity index (χ3v) is 8.35. The van der Waals surface area contributed by atoms with E-state index in [0.29, 0.717) is 23.8 Å². The Kier molecular flexibility index (Phi) is 9.81.